The van der Waals surface area contributed by atoms with Crippen LogP contribution >= 0.6 is 0 Å². The third-order valence-corrected chi connectivity index (χ3v) is 5.04. The van der Waals surface area contributed by atoms with Gasteiger partial charge in [0.1, 0.15) is 5.75 Å². The molecule has 0 atom stereocenters. The Kier molecular flexibility index (Phi) is 7.40. The number of alkyl halides is 3. The van der Waals surface area contributed by atoms with Crippen LogP contribution in [0.5, 0.6) is 5.75 Å². The molecule has 1 amide bonds. The van der Waals surface area contributed by atoms with Crippen molar-refractivity contribution >= 4 is 15.9 Å². The summed E-state index contributed by atoms with van der Waals surface area (Å²) in [6.07, 6.45) is -3.03. The minimum absolute atomic E-state index is 0.00501. The maximum absolute atomic E-state index is 12.2. The second-order valence-electron chi connectivity index (χ2n) is 5.90. The first-order valence-corrected chi connectivity index (χ1v) is 9.86. The van der Waals surface area contributed by atoms with E-state index >= 15 is 0 Å². The van der Waals surface area contributed by atoms with Crippen LogP contribution in [0.2, 0.25) is 0 Å². The number of ether oxygens (including phenoxy) is 1. The van der Waals surface area contributed by atoms with Gasteiger partial charge in [-0.3, -0.25) is 4.79 Å². The van der Waals surface area contributed by atoms with Crippen molar-refractivity contribution in [3.8, 4) is 5.75 Å². The van der Waals surface area contributed by atoms with E-state index in [-0.39, 0.29) is 29.3 Å². The van der Waals surface area contributed by atoms with E-state index in [1.165, 1.54) is 48.5 Å². The number of benzene rings is 2. The molecule has 0 spiro atoms. The molecule has 0 aliphatic rings. The Bertz CT molecular complexity index is 958. The summed E-state index contributed by atoms with van der Waals surface area (Å²) < 4.78 is 67.6. The van der Waals surface area contributed by atoms with E-state index in [1.807, 2.05) is 0 Å². The molecule has 156 valence electrons. The van der Waals surface area contributed by atoms with Crippen molar-refractivity contribution in [1.29, 1.82) is 0 Å². The van der Waals surface area contributed by atoms with E-state index in [2.05, 4.69) is 21.4 Å². The zero-order chi connectivity index (χ0) is 21.5. The van der Waals surface area contributed by atoms with Gasteiger partial charge in [-0.1, -0.05) is 18.2 Å². The van der Waals surface area contributed by atoms with Gasteiger partial charge in [0.2, 0.25) is 10.0 Å². The fraction of sp³-hybridized carbons (Fsp3) is 0.211. The number of hydrogen-bond acceptors (Lipinski definition) is 4. The molecular weight excluding hydrogens is 409 g/mol. The van der Waals surface area contributed by atoms with Crippen LogP contribution in [0.15, 0.2) is 66.1 Å². The molecule has 2 aromatic rings. The molecule has 6 nitrogen and oxygen atoms in total. The van der Waals surface area contributed by atoms with Crippen molar-refractivity contribution in [2.24, 2.45) is 0 Å². The highest BCUT2D eigenvalue weighted by molar-refractivity contribution is 7.89. The Morgan fingerprint density at radius 3 is 2.45 bits per heavy atom. The lowest BCUT2D eigenvalue weighted by molar-refractivity contribution is -0.153. The molecule has 2 aromatic carbocycles. The number of carbonyl (C=O) groups is 1. The number of hydrogen-bond donors (Lipinski definition) is 2. The molecular formula is C19H19F3N2O4S. The first kappa shape index (κ1) is 22.4. The molecule has 0 unspecified atom stereocenters. The third-order valence-electron chi connectivity index (χ3n) is 3.60. The summed E-state index contributed by atoms with van der Waals surface area (Å²) in [5.41, 5.74) is 0.781. The van der Waals surface area contributed by atoms with Gasteiger partial charge in [0.25, 0.3) is 5.91 Å². The van der Waals surface area contributed by atoms with Gasteiger partial charge in [-0.2, -0.15) is 13.2 Å². The Labute approximate surface area is 166 Å². The largest absolute Gasteiger partial charge is 0.484 e. The van der Waals surface area contributed by atoms with E-state index in [0.717, 1.165) is 0 Å². The number of sulfonamides is 1. The fourth-order valence-electron chi connectivity index (χ4n) is 2.23. The predicted molar refractivity (Wildman–Crippen MR) is 101 cm³/mol. The molecule has 0 aromatic heterocycles. The molecule has 0 aliphatic heterocycles. The van der Waals surface area contributed by atoms with Gasteiger partial charge < -0.3 is 10.1 Å². The summed E-state index contributed by atoms with van der Waals surface area (Å²) in [5, 5.41) is 2.61. The van der Waals surface area contributed by atoms with Gasteiger partial charge in [-0.25, -0.2) is 13.1 Å². The monoisotopic (exact) mass is 428 g/mol. The second kappa shape index (κ2) is 9.57. The van der Waals surface area contributed by atoms with Gasteiger partial charge in [0.15, 0.2) is 6.61 Å². The molecule has 0 radical (unpaired) electrons. The summed E-state index contributed by atoms with van der Waals surface area (Å²) >= 11 is 0. The lowest BCUT2D eigenvalue weighted by Gasteiger charge is -2.11. The number of amides is 1. The Morgan fingerprint density at radius 2 is 1.83 bits per heavy atom. The molecule has 0 saturated heterocycles. The van der Waals surface area contributed by atoms with Gasteiger partial charge >= 0.3 is 6.18 Å². The Morgan fingerprint density at radius 1 is 1.14 bits per heavy atom. The second-order valence-corrected chi connectivity index (χ2v) is 7.67. The van der Waals surface area contributed by atoms with Gasteiger partial charge in [0, 0.05) is 18.7 Å². The number of halogens is 3. The molecule has 2 N–H and O–H groups in total. The lowest BCUT2D eigenvalue weighted by Crippen LogP contribution is -2.25. The number of rotatable bonds is 9. The summed E-state index contributed by atoms with van der Waals surface area (Å²) in [7, 11) is -3.69. The van der Waals surface area contributed by atoms with Crippen molar-refractivity contribution in [3.05, 3.63) is 72.3 Å². The normalized spacial score (nSPS) is 11.7. The van der Waals surface area contributed by atoms with Crippen molar-refractivity contribution in [2.45, 2.75) is 17.6 Å². The summed E-state index contributed by atoms with van der Waals surface area (Å²) in [4.78, 5) is 12.2. The quantitative estimate of drug-likeness (QED) is 0.602. The highest BCUT2D eigenvalue weighted by Gasteiger charge is 2.28. The molecule has 10 heteroatoms. The van der Waals surface area contributed by atoms with Crippen LogP contribution in [-0.4, -0.2) is 33.7 Å². The molecule has 0 bridgehead atoms. The zero-order valence-electron chi connectivity index (χ0n) is 15.2. The minimum atomic E-state index is -4.44. The smallest absolute Gasteiger partial charge is 0.422 e. The number of nitrogens with one attached hydrogen (secondary N) is 2. The standard InChI is InChI=1S/C19H19F3N2O4S/c1-2-10-24-29(26,27)17-8-6-15(7-9-17)18(25)23-12-14-4-3-5-16(11-14)28-13-19(20,21)22/h2-9,11,24H,1,10,12-13H2,(H,23,25). The van der Waals surface area contributed by atoms with Crippen molar-refractivity contribution in [1.82, 2.24) is 10.0 Å². The van der Waals surface area contributed by atoms with Crippen molar-refractivity contribution < 1.29 is 31.1 Å². The van der Waals surface area contributed by atoms with Crippen LogP contribution in [0.3, 0.4) is 0 Å². The molecule has 0 heterocycles. The summed E-state index contributed by atoms with van der Waals surface area (Å²) in [6, 6.07) is 11.2. The highest BCUT2D eigenvalue weighted by Crippen LogP contribution is 2.19. The van der Waals surface area contributed by atoms with Crippen LogP contribution in [0.4, 0.5) is 13.2 Å². The van der Waals surface area contributed by atoms with Gasteiger partial charge in [-0.05, 0) is 42.0 Å². The molecule has 0 aliphatic carbocycles. The third kappa shape index (κ3) is 7.24. The lowest BCUT2D eigenvalue weighted by atomic mass is 10.2. The Hall–Kier alpha value is -2.85. The van der Waals surface area contributed by atoms with Crippen molar-refractivity contribution in [2.75, 3.05) is 13.2 Å². The first-order chi connectivity index (χ1) is 13.6. The summed E-state index contributed by atoms with van der Waals surface area (Å²) in [6.45, 7) is 2.16. The average molecular weight is 428 g/mol. The summed E-state index contributed by atoms with van der Waals surface area (Å²) in [5.74, 6) is -0.426. The Balaban J connectivity index is 1.96. The molecule has 2 rings (SSSR count). The van der Waals surface area contributed by atoms with Gasteiger partial charge in [-0.15, -0.1) is 6.58 Å². The number of carbonyl (C=O) groups excluding carboxylic acids is 1. The first-order valence-electron chi connectivity index (χ1n) is 8.38. The predicted octanol–water partition coefficient (Wildman–Crippen LogP) is 3.02. The average Bonchev–Trinajstić information content (AvgIpc) is 2.69. The fourth-order valence-corrected chi connectivity index (χ4v) is 3.23. The van der Waals surface area contributed by atoms with E-state index in [4.69, 9.17) is 0 Å². The van der Waals surface area contributed by atoms with Crippen LogP contribution in [-0.2, 0) is 16.6 Å². The zero-order valence-corrected chi connectivity index (χ0v) is 16.0. The van der Waals surface area contributed by atoms with Crippen LogP contribution in [0.1, 0.15) is 15.9 Å². The SMILES string of the molecule is C=CCNS(=O)(=O)c1ccc(C(=O)NCc2cccc(OCC(F)(F)F)c2)cc1. The van der Waals surface area contributed by atoms with Crippen LogP contribution < -0.4 is 14.8 Å². The van der Waals surface area contributed by atoms with Crippen LogP contribution in [0, 0.1) is 0 Å². The maximum atomic E-state index is 12.2. The van der Waals surface area contributed by atoms with Gasteiger partial charge in [0.05, 0.1) is 4.90 Å². The maximum Gasteiger partial charge on any atom is 0.422 e. The molecule has 29 heavy (non-hydrogen) atoms. The minimum Gasteiger partial charge on any atom is -0.484 e. The van der Waals surface area contributed by atoms with E-state index < -0.39 is 28.7 Å². The molecule has 0 saturated carbocycles. The molecule has 0 fully saturated rings. The van der Waals surface area contributed by atoms with Crippen LogP contribution in [0.25, 0.3) is 0 Å². The van der Waals surface area contributed by atoms with E-state index in [1.54, 1.807) is 6.07 Å². The topological polar surface area (TPSA) is 84.5 Å². The van der Waals surface area contributed by atoms with E-state index in [9.17, 15) is 26.4 Å². The van der Waals surface area contributed by atoms with E-state index in [0.29, 0.717) is 5.56 Å². The van der Waals surface area contributed by atoms with Crippen molar-refractivity contribution in [3.63, 3.8) is 0 Å². The highest BCUT2D eigenvalue weighted by atomic mass is 32.2.